The molecule has 9 heteroatoms. The molecule has 1 aromatic heterocycles. The van der Waals surface area contributed by atoms with Crippen molar-refractivity contribution in [3.63, 3.8) is 0 Å². The number of halogens is 2. The fourth-order valence-electron chi connectivity index (χ4n) is 2.43. The third kappa shape index (κ3) is 5.73. The predicted molar refractivity (Wildman–Crippen MR) is 104 cm³/mol. The molecule has 3 aromatic rings. The number of nitrogens with one attached hydrogen (secondary N) is 1. The minimum atomic E-state index is -2.94. The third-order valence-corrected chi connectivity index (χ3v) is 4.46. The number of aromatic nitrogens is 1. The molecule has 3 rings (SSSR count). The van der Waals surface area contributed by atoms with E-state index in [0.717, 1.165) is 16.9 Å². The smallest absolute Gasteiger partial charge is 0.387 e. The molecule has 1 amide bonds. The van der Waals surface area contributed by atoms with Crippen molar-refractivity contribution in [3.05, 3.63) is 59.5 Å². The van der Waals surface area contributed by atoms with E-state index in [9.17, 15) is 13.6 Å². The minimum absolute atomic E-state index is 0.00820. The van der Waals surface area contributed by atoms with Crippen LogP contribution in [0.3, 0.4) is 0 Å². The van der Waals surface area contributed by atoms with Crippen molar-refractivity contribution in [1.29, 1.82) is 5.26 Å². The highest BCUT2D eigenvalue weighted by Gasteiger charge is 2.14. The monoisotopic (exact) mass is 415 g/mol. The molecule has 0 unspecified atom stereocenters. The average Bonchev–Trinajstić information content (AvgIpc) is 3.16. The van der Waals surface area contributed by atoms with Crippen LogP contribution in [0, 0.1) is 11.3 Å². The lowest BCUT2D eigenvalue weighted by Crippen LogP contribution is -2.20. The number of hydrogen-bond acceptors (Lipinski definition) is 6. The molecule has 0 fully saturated rings. The Balaban J connectivity index is 1.59. The van der Waals surface area contributed by atoms with E-state index in [1.54, 1.807) is 47.8 Å². The number of nitriles is 1. The summed E-state index contributed by atoms with van der Waals surface area (Å²) in [6, 6.07) is 15.2. The Morgan fingerprint density at radius 3 is 2.69 bits per heavy atom. The first kappa shape index (κ1) is 20.2. The first-order valence-electron chi connectivity index (χ1n) is 8.43. The maximum absolute atomic E-state index is 12.6. The first-order valence-corrected chi connectivity index (χ1v) is 9.31. The topological polar surface area (TPSA) is 84.2 Å². The lowest BCUT2D eigenvalue weighted by atomic mass is 10.1. The molecule has 0 spiro atoms. The zero-order valence-electron chi connectivity index (χ0n) is 15.0. The molecular weight excluding hydrogens is 400 g/mol. The van der Waals surface area contributed by atoms with Crippen molar-refractivity contribution >= 4 is 22.4 Å². The first-order chi connectivity index (χ1) is 14.0. The number of amides is 1. The number of carbonyl (C=O) groups is 1. The van der Waals surface area contributed by atoms with E-state index in [4.69, 9.17) is 10.00 Å². The number of thiazole rings is 1. The van der Waals surface area contributed by atoms with Crippen LogP contribution in [0.2, 0.25) is 0 Å². The second kappa shape index (κ2) is 9.61. The van der Waals surface area contributed by atoms with Crippen LogP contribution in [-0.2, 0) is 11.2 Å². The van der Waals surface area contributed by atoms with Crippen molar-refractivity contribution in [1.82, 2.24) is 4.98 Å². The maximum Gasteiger partial charge on any atom is 0.387 e. The molecule has 0 aliphatic rings. The van der Waals surface area contributed by atoms with E-state index in [1.807, 2.05) is 0 Å². The summed E-state index contributed by atoms with van der Waals surface area (Å²) in [5.74, 6) is 0.0951. The van der Waals surface area contributed by atoms with Gasteiger partial charge in [-0.1, -0.05) is 24.3 Å². The molecule has 29 heavy (non-hydrogen) atoms. The minimum Gasteiger partial charge on any atom is -0.484 e. The summed E-state index contributed by atoms with van der Waals surface area (Å²) in [6.45, 7) is -3.17. The van der Waals surface area contributed by atoms with Gasteiger partial charge in [0.25, 0.3) is 5.91 Å². The van der Waals surface area contributed by atoms with E-state index in [1.165, 1.54) is 6.07 Å². The number of alkyl halides is 2. The lowest BCUT2D eigenvalue weighted by Gasteiger charge is -2.08. The molecule has 1 heterocycles. The standard InChI is InChI=1S/C20H15F2N3O3S/c21-19(22)28-17-4-2-1-3-15(17)16-12-29-20(24-16)25-18(26)11-27-14-7-5-13(6-8-14)9-10-23/h1-8,12,19H,9,11H2,(H,24,25,26). The van der Waals surface area contributed by atoms with Crippen LogP contribution in [0.1, 0.15) is 5.56 Å². The van der Waals surface area contributed by atoms with Gasteiger partial charge >= 0.3 is 6.61 Å². The molecule has 0 saturated carbocycles. The Morgan fingerprint density at radius 2 is 1.97 bits per heavy atom. The summed E-state index contributed by atoms with van der Waals surface area (Å²) in [5.41, 5.74) is 1.67. The van der Waals surface area contributed by atoms with Gasteiger partial charge in [0.15, 0.2) is 11.7 Å². The number of para-hydroxylation sites is 1. The van der Waals surface area contributed by atoms with Crippen molar-refractivity contribution in [2.75, 3.05) is 11.9 Å². The van der Waals surface area contributed by atoms with Crippen LogP contribution in [0.4, 0.5) is 13.9 Å². The van der Waals surface area contributed by atoms with Gasteiger partial charge in [-0.25, -0.2) is 4.98 Å². The van der Waals surface area contributed by atoms with Crippen LogP contribution in [0.15, 0.2) is 53.9 Å². The summed E-state index contributed by atoms with van der Waals surface area (Å²) in [5, 5.41) is 13.2. The zero-order valence-corrected chi connectivity index (χ0v) is 15.8. The van der Waals surface area contributed by atoms with E-state index in [2.05, 4.69) is 21.1 Å². The number of ether oxygens (including phenoxy) is 2. The van der Waals surface area contributed by atoms with Gasteiger partial charge < -0.3 is 9.47 Å². The highest BCUT2D eigenvalue weighted by atomic mass is 32.1. The van der Waals surface area contributed by atoms with Gasteiger partial charge in [-0.15, -0.1) is 11.3 Å². The summed E-state index contributed by atoms with van der Waals surface area (Å²) < 4.78 is 35.0. The van der Waals surface area contributed by atoms with Crippen LogP contribution < -0.4 is 14.8 Å². The molecule has 148 valence electrons. The van der Waals surface area contributed by atoms with Gasteiger partial charge in [-0.3, -0.25) is 10.1 Å². The Kier molecular flexibility index (Phi) is 6.71. The lowest BCUT2D eigenvalue weighted by molar-refractivity contribution is -0.118. The summed E-state index contributed by atoms with van der Waals surface area (Å²) in [4.78, 5) is 16.3. The van der Waals surface area contributed by atoms with Gasteiger partial charge in [0.05, 0.1) is 18.2 Å². The molecule has 0 saturated heterocycles. The fourth-order valence-corrected chi connectivity index (χ4v) is 3.16. The second-order valence-electron chi connectivity index (χ2n) is 5.73. The Bertz CT molecular complexity index is 1020. The van der Waals surface area contributed by atoms with Crippen molar-refractivity contribution in [3.8, 4) is 28.8 Å². The summed E-state index contributed by atoms with van der Waals surface area (Å²) in [6.07, 6.45) is 0.304. The molecule has 2 aromatic carbocycles. The van der Waals surface area contributed by atoms with Crippen LogP contribution >= 0.6 is 11.3 Å². The van der Waals surface area contributed by atoms with Crippen LogP contribution in [0.25, 0.3) is 11.3 Å². The van der Waals surface area contributed by atoms with Gasteiger partial charge in [-0.2, -0.15) is 14.0 Å². The van der Waals surface area contributed by atoms with Gasteiger partial charge in [0.1, 0.15) is 11.5 Å². The number of carbonyl (C=O) groups excluding carboxylic acids is 1. The van der Waals surface area contributed by atoms with Crippen LogP contribution in [0.5, 0.6) is 11.5 Å². The SMILES string of the molecule is N#CCc1ccc(OCC(=O)Nc2nc(-c3ccccc3OC(F)F)cs2)cc1. The largest absolute Gasteiger partial charge is 0.484 e. The quantitative estimate of drug-likeness (QED) is 0.586. The number of rotatable bonds is 8. The Labute approximate surface area is 169 Å². The normalized spacial score (nSPS) is 10.4. The van der Waals surface area contributed by atoms with Gasteiger partial charge in [0.2, 0.25) is 0 Å². The Morgan fingerprint density at radius 1 is 1.21 bits per heavy atom. The van der Waals surface area contributed by atoms with E-state index >= 15 is 0 Å². The van der Waals surface area contributed by atoms with E-state index < -0.39 is 12.5 Å². The molecular formula is C20H15F2N3O3S. The summed E-state index contributed by atoms with van der Waals surface area (Å²) in [7, 11) is 0. The molecule has 6 nitrogen and oxygen atoms in total. The average molecular weight is 415 g/mol. The van der Waals surface area contributed by atoms with Crippen molar-refractivity contribution in [2.24, 2.45) is 0 Å². The number of anilines is 1. The molecule has 0 atom stereocenters. The fraction of sp³-hybridized carbons (Fsp3) is 0.150. The molecule has 0 aliphatic carbocycles. The number of hydrogen-bond donors (Lipinski definition) is 1. The van der Waals surface area contributed by atoms with Crippen molar-refractivity contribution in [2.45, 2.75) is 13.0 Å². The molecule has 0 radical (unpaired) electrons. The highest BCUT2D eigenvalue weighted by molar-refractivity contribution is 7.14. The number of nitrogens with zero attached hydrogens (tertiary/aromatic N) is 2. The van der Waals surface area contributed by atoms with Crippen LogP contribution in [-0.4, -0.2) is 24.1 Å². The molecule has 1 N–H and O–H groups in total. The summed E-state index contributed by atoms with van der Waals surface area (Å²) >= 11 is 1.16. The molecule has 0 aliphatic heterocycles. The van der Waals surface area contributed by atoms with E-state index in [0.29, 0.717) is 28.6 Å². The number of benzene rings is 2. The van der Waals surface area contributed by atoms with E-state index in [-0.39, 0.29) is 12.4 Å². The predicted octanol–water partition coefficient (Wildman–Crippen LogP) is 4.50. The molecule has 0 bridgehead atoms. The Hall–Kier alpha value is -3.51. The van der Waals surface area contributed by atoms with Gasteiger partial charge in [0, 0.05) is 10.9 Å². The maximum atomic E-state index is 12.6. The second-order valence-corrected chi connectivity index (χ2v) is 6.59. The van der Waals surface area contributed by atoms with Crippen molar-refractivity contribution < 1.29 is 23.0 Å². The highest BCUT2D eigenvalue weighted by Crippen LogP contribution is 2.32. The van der Waals surface area contributed by atoms with Gasteiger partial charge in [-0.05, 0) is 29.8 Å². The third-order valence-electron chi connectivity index (χ3n) is 3.71. The zero-order chi connectivity index (χ0) is 20.6.